The summed E-state index contributed by atoms with van der Waals surface area (Å²) in [7, 11) is 8.24. The van der Waals surface area contributed by atoms with Gasteiger partial charge in [0.25, 0.3) is 5.91 Å². The molecule has 2 aromatic rings. The first-order valence-corrected chi connectivity index (χ1v) is 8.41. The van der Waals surface area contributed by atoms with Gasteiger partial charge in [0, 0.05) is 12.1 Å². The third kappa shape index (κ3) is 4.89. The molecule has 0 aliphatic heterocycles. The Hall–Kier alpha value is -2.80. The Bertz CT molecular complexity index is 770. The van der Waals surface area contributed by atoms with Crippen LogP contribution in [0, 0.1) is 5.82 Å². The zero-order valence-electron chi connectivity index (χ0n) is 16.2. The van der Waals surface area contributed by atoms with Crippen molar-refractivity contribution in [2.75, 3.05) is 42.0 Å². The molecule has 1 atom stereocenters. The van der Waals surface area contributed by atoms with Gasteiger partial charge in [0.15, 0.2) is 11.5 Å². The van der Waals surface area contributed by atoms with E-state index in [4.69, 9.17) is 14.2 Å². The van der Waals surface area contributed by atoms with Crippen LogP contribution in [0.15, 0.2) is 36.4 Å². The van der Waals surface area contributed by atoms with Crippen LogP contribution in [0.2, 0.25) is 0 Å². The average Bonchev–Trinajstić information content (AvgIpc) is 2.66. The summed E-state index contributed by atoms with van der Waals surface area (Å²) < 4.78 is 29.4. The van der Waals surface area contributed by atoms with Gasteiger partial charge in [-0.25, -0.2) is 4.39 Å². The number of nitrogens with one attached hydrogen (secondary N) is 1. The molecule has 0 heterocycles. The lowest BCUT2D eigenvalue weighted by atomic mass is 10.1. The Morgan fingerprint density at radius 3 is 2.19 bits per heavy atom. The van der Waals surface area contributed by atoms with Crippen molar-refractivity contribution in [1.82, 2.24) is 10.2 Å². The highest BCUT2D eigenvalue weighted by molar-refractivity contribution is 5.95. The summed E-state index contributed by atoms with van der Waals surface area (Å²) in [5, 5.41) is 2.88. The Balaban J connectivity index is 2.21. The normalized spacial score (nSPS) is 11.8. The minimum Gasteiger partial charge on any atom is -0.493 e. The Morgan fingerprint density at radius 1 is 1.07 bits per heavy atom. The van der Waals surface area contributed by atoms with Crippen molar-refractivity contribution in [3.05, 3.63) is 53.3 Å². The number of likely N-dealkylation sites (N-methyl/N-ethyl adjacent to an activating group) is 1. The van der Waals surface area contributed by atoms with Crippen molar-refractivity contribution < 1.29 is 23.4 Å². The monoisotopic (exact) mass is 376 g/mol. The lowest BCUT2D eigenvalue weighted by molar-refractivity contribution is 0.0941. The van der Waals surface area contributed by atoms with Gasteiger partial charge in [-0.15, -0.1) is 0 Å². The highest BCUT2D eigenvalue weighted by atomic mass is 19.1. The lowest BCUT2D eigenvalue weighted by Crippen LogP contribution is -2.34. The van der Waals surface area contributed by atoms with Crippen molar-refractivity contribution in [2.24, 2.45) is 0 Å². The molecule has 27 heavy (non-hydrogen) atoms. The van der Waals surface area contributed by atoms with Crippen LogP contribution < -0.4 is 19.5 Å². The first kappa shape index (κ1) is 20.5. The quantitative estimate of drug-likeness (QED) is 0.768. The second-order valence-corrected chi connectivity index (χ2v) is 6.16. The fraction of sp³-hybridized carbons (Fsp3) is 0.350. The number of carbonyl (C=O) groups is 1. The van der Waals surface area contributed by atoms with Gasteiger partial charge in [-0.1, -0.05) is 12.1 Å². The molecule has 0 bridgehead atoms. The topological polar surface area (TPSA) is 60.0 Å². The maximum Gasteiger partial charge on any atom is 0.251 e. The summed E-state index contributed by atoms with van der Waals surface area (Å²) in [6, 6.07) is 9.35. The molecule has 0 fully saturated rings. The Morgan fingerprint density at radius 2 is 1.70 bits per heavy atom. The van der Waals surface area contributed by atoms with E-state index in [1.165, 1.54) is 33.5 Å². The first-order chi connectivity index (χ1) is 12.9. The van der Waals surface area contributed by atoms with E-state index in [1.54, 1.807) is 18.2 Å². The highest BCUT2D eigenvalue weighted by Gasteiger charge is 2.19. The van der Waals surface area contributed by atoms with E-state index >= 15 is 0 Å². The lowest BCUT2D eigenvalue weighted by Gasteiger charge is -2.25. The van der Waals surface area contributed by atoms with Crippen molar-refractivity contribution in [1.29, 1.82) is 0 Å². The standard InChI is InChI=1S/C20H25FN2O4/c1-23(2)16(13-7-6-8-15(21)9-13)12-22-20(24)14-10-17(25-3)19(27-5)18(11-14)26-4/h6-11,16H,12H2,1-5H3,(H,22,24). The van der Waals surface area contributed by atoms with Gasteiger partial charge in [-0.2, -0.15) is 0 Å². The zero-order valence-corrected chi connectivity index (χ0v) is 16.2. The van der Waals surface area contributed by atoms with Crippen molar-refractivity contribution in [3.63, 3.8) is 0 Å². The van der Waals surface area contributed by atoms with Gasteiger partial charge in [-0.05, 0) is 43.9 Å². The molecule has 0 aromatic heterocycles. The molecule has 7 heteroatoms. The van der Waals surface area contributed by atoms with Gasteiger partial charge >= 0.3 is 0 Å². The summed E-state index contributed by atoms with van der Waals surface area (Å²) >= 11 is 0. The fourth-order valence-corrected chi connectivity index (χ4v) is 2.82. The molecule has 1 N–H and O–H groups in total. The van der Waals surface area contributed by atoms with E-state index in [0.717, 1.165) is 5.56 Å². The van der Waals surface area contributed by atoms with Crippen LogP contribution in [-0.2, 0) is 0 Å². The third-order valence-corrected chi connectivity index (χ3v) is 4.24. The van der Waals surface area contributed by atoms with Gasteiger partial charge in [0.1, 0.15) is 5.82 Å². The first-order valence-electron chi connectivity index (χ1n) is 8.41. The molecular formula is C20H25FN2O4. The molecular weight excluding hydrogens is 351 g/mol. The molecule has 0 saturated heterocycles. The van der Waals surface area contributed by atoms with Crippen LogP contribution in [0.5, 0.6) is 17.2 Å². The van der Waals surface area contributed by atoms with Gasteiger partial charge in [0.2, 0.25) is 5.75 Å². The smallest absolute Gasteiger partial charge is 0.251 e. The molecule has 146 valence electrons. The van der Waals surface area contributed by atoms with Crippen LogP contribution in [-0.4, -0.2) is 52.8 Å². The second-order valence-electron chi connectivity index (χ2n) is 6.16. The van der Waals surface area contributed by atoms with Crippen LogP contribution >= 0.6 is 0 Å². The van der Waals surface area contributed by atoms with Crippen LogP contribution in [0.25, 0.3) is 0 Å². The van der Waals surface area contributed by atoms with E-state index in [9.17, 15) is 9.18 Å². The fourth-order valence-electron chi connectivity index (χ4n) is 2.82. The van der Waals surface area contributed by atoms with Crippen LogP contribution in [0.3, 0.4) is 0 Å². The summed E-state index contributed by atoms with van der Waals surface area (Å²) in [6.45, 7) is 0.311. The molecule has 0 spiro atoms. The minimum absolute atomic E-state index is 0.174. The molecule has 0 aliphatic carbocycles. The number of amides is 1. The molecule has 6 nitrogen and oxygen atoms in total. The van der Waals surface area contributed by atoms with E-state index < -0.39 is 0 Å². The Labute approximate surface area is 158 Å². The number of benzene rings is 2. The van der Waals surface area contributed by atoms with Crippen molar-refractivity contribution >= 4 is 5.91 Å². The molecule has 0 aliphatic rings. The molecule has 2 aromatic carbocycles. The molecule has 2 rings (SSSR count). The second kappa shape index (κ2) is 9.23. The average molecular weight is 376 g/mol. The number of carbonyl (C=O) groups excluding carboxylic acids is 1. The number of nitrogens with zero attached hydrogens (tertiary/aromatic N) is 1. The van der Waals surface area contributed by atoms with E-state index in [0.29, 0.717) is 29.4 Å². The van der Waals surface area contributed by atoms with E-state index in [-0.39, 0.29) is 17.8 Å². The summed E-state index contributed by atoms with van der Waals surface area (Å²) in [5.74, 6) is 0.614. The zero-order chi connectivity index (χ0) is 20.0. The van der Waals surface area contributed by atoms with Gasteiger partial charge < -0.3 is 24.4 Å². The SMILES string of the molecule is COc1cc(C(=O)NCC(c2cccc(F)c2)N(C)C)cc(OC)c1OC. The van der Waals surface area contributed by atoms with Crippen molar-refractivity contribution in [2.45, 2.75) is 6.04 Å². The highest BCUT2D eigenvalue weighted by Crippen LogP contribution is 2.38. The molecule has 0 radical (unpaired) electrons. The summed E-state index contributed by atoms with van der Waals surface area (Å²) in [4.78, 5) is 14.6. The Kier molecular flexibility index (Phi) is 7.01. The van der Waals surface area contributed by atoms with E-state index in [2.05, 4.69) is 5.32 Å². The minimum atomic E-state index is -0.310. The third-order valence-electron chi connectivity index (χ3n) is 4.24. The van der Waals surface area contributed by atoms with Crippen LogP contribution in [0.1, 0.15) is 22.0 Å². The number of halogens is 1. The summed E-state index contributed by atoms with van der Waals surface area (Å²) in [5.41, 5.74) is 1.16. The molecule has 1 unspecified atom stereocenters. The number of methoxy groups -OCH3 is 3. The molecule has 1 amide bonds. The van der Waals surface area contributed by atoms with E-state index in [1.807, 2.05) is 25.1 Å². The number of hydrogen-bond acceptors (Lipinski definition) is 5. The maximum atomic E-state index is 13.5. The number of hydrogen-bond donors (Lipinski definition) is 1. The van der Waals surface area contributed by atoms with Gasteiger partial charge in [-0.3, -0.25) is 4.79 Å². The largest absolute Gasteiger partial charge is 0.493 e. The maximum absolute atomic E-state index is 13.5. The summed E-state index contributed by atoms with van der Waals surface area (Å²) in [6.07, 6.45) is 0. The molecule has 0 saturated carbocycles. The predicted octanol–water partition coefficient (Wildman–Crippen LogP) is 2.88. The number of rotatable bonds is 8. The van der Waals surface area contributed by atoms with Gasteiger partial charge in [0.05, 0.1) is 27.4 Å². The number of ether oxygens (including phenoxy) is 3. The van der Waals surface area contributed by atoms with Crippen molar-refractivity contribution in [3.8, 4) is 17.2 Å². The predicted molar refractivity (Wildman–Crippen MR) is 101 cm³/mol. The van der Waals surface area contributed by atoms with Crippen LogP contribution in [0.4, 0.5) is 4.39 Å².